The molecule has 0 aliphatic heterocycles. The van der Waals surface area contributed by atoms with Crippen LogP contribution in [0.15, 0.2) is 15.5 Å². The van der Waals surface area contributed by atoms with Crippen LogP contribution in [-0.2, 0) is 20.9 Å². The third-order valence-electron chi connectivity index (χ3n) is 2.61. The van der Waals surface area contributed by atoms with E-state index in [1.54, 1.807) is 6.92 Å². The minimum absolute atomic E-state index is 0.192. The topological polar surface area (TPSA) is 102 Å². The van der Waals surface area contributed by atoms with Gasteiger partial charge in [0.1, 0.15) is 17.1 Å². The van der Waals surface area contributed by atoms with Gasteiger partial charge in [0.2, 0.25) is 5.91 Å². The van der Waals surface area contributed by atoms with Gasteiger partial charge in [-0.2, -0.15) is 5.10 Å². The third-order valence-corrected chi connectivity index (χ3v) is 3.37. The monoisotopic (exact) mass is 360 g/mol. The summed E-state index contributed by atoms with van der Waals surface area (Å²) < 4.78 is 5.64. The fourth-order valence-electron chi connectivity index (χ4n) is 1.49. The lowest BCUT2D eigenvalue weighted by Gasteiger charge is -2.15. The summed E-state index contributed by atoms with van der Waals surface area (Å²) in [7, 11) is 1.23. The van der Waals surface area contributed by atoms with Crippen molar-refractivity contribution in [1.29, 1.82) is 0 Å². The van der Waals surface area contributed by atoms with E-state index in [2.05, 4.69) is 36.4 Å². The van der Waals surface area contributed by atoms with E-state index in [-0.39, 0.29) is 16.9 Å². The molecule has 116 valence electrons. The highest BCUT2D eigenvalue weighted by molar-refractivity contribution is 9.10. The van der Waals surface area contributed by atoms with E-state index in [0.29, 0.717) is 12.2 Å². The van der Waals surface area contributed by atoms with Crippen LogP contribution in [0.2, 0.25) is 0 Å². The number of likely N-dealkylation sites (N-methyl/N-ethyl adjacent to an activating group) is 1. The molecule has 9 heteroatoms. The van der Waals surface area contributed by atoms with Gasteiger partial charge >= 0.3 is 5.97 Å². The van der Waals surface area contributed by atoms with Gasteiger partial charge in [-0.15, -0.1) is 0 Å². The molecule has 1 amide bonds. The molecule has 1 rings (SSSR count). The molecule has 1 atom stereocenters. The van der Waals surface area contributed by atoms with E-state index in [9.17, 15) is 14.4 Å². The summed E-state index contributed by atoms with van der Waals surface area (Å²) >= 11 is 3.14. The minimum Gasteiger partial charge on any atom is -0.468 e. The Balaban J connectivity index is 2.92. The number of carbonyl (C=O) groups is 2. The first-order valence-corrected chi connectivity index (χ1v) is 7.06. The summed E-state index contributed by atoms with van der Waals surface area (Å²) in [6, 6.07) is -0.529. The van der Waals surface area contributed by atoms with E-state index in [0.717, 1.165) is 4.68 Å². The normalized spacial score (nSPS) is 11.6. The fourth-order valence-corrected chi connectivity index (χ4v) is 1.91. The maximum atomic E-state index is 12.0. The zero-order valence-corrected chi connectivity index (χ0v) is 13.6. The number of methoxy groups -OCH3 is 1. The first-order valence-electron chi connectivity index (χ1n) is 6.27. The van der Waals surface area contributed by atoms with Crippen molar-refractivity contribution in [2.24, 2.45) is 0 Å². The Morgan fingerprint density at radius 1 is 1.52 bits per heavy atom. The summed E-state index contributed by atoms with van der Waals surface area (Å²) in [6.07, 6.45) is 1.37. The maximum Gasteiger partial charge on any atom is 0.327 e. The Morgan fingerprint density at radius 3 is 2.76 bits per heavy atom. The molecule has 0 aromatic carbocycles. The molecule has 0 fully saturated rings. The third kappa shape index (κ3) is 4.55. The van der Waals surface area contributed by atoms with Gasteiger partial charge < -0.3 is 15.4 Å². The van der Waals surface area contributed by atoms with Gasteiger partial charge in [-0.1, -0.05) is 0 Å². The van der Waals surface area contributed by atoms with E-state index < -0.39 is 17.6 Å². The molecule has 1 aromatic heterocycles. The number of hydrogen-bond acceptors (Lipinski definition) is 6. The van der Waals surface area contributed by atoms with Crippen LogP contribution in [0.1, 0.15) is 13.8 Å². The fraction of sp³-hybridized carbons (Fsp3) is 0.500. The predicted octanol–water partition coefficient (Wildman–Crippen LogP) is 0.115. The van der Waals surface area contributed by atoms with E-state index in [1.807, 2.05) is 6.92 Å². The van der Waals surface area contributed by atoms with Gasteiger partial charge in [-0.05, 0) is 29.8 Å². The second-order valence-electron chi connectivity index (χ2n) is 4.17. The number of nitrogens with one attached hydrogen (secondary N) is 2. The minimum atomic E-state index is -0.576. The second kappa shape index (κ2) is 7.77. The molecule has 8 nitrogen and oxygen atoms in total. The number of ether oxygens (including phenoxy) is 1. The largest absolute Gasteiger partial charge is 0.468 e. The van der Waals surface area contributed by atoms with Crippen LogP contribution in [0, 0.1) is 0 Å². The quantitative estimate of drug-likeness (QED) is 0.698. The number of nitrogens with zero attached hydrogens (tertiary/aromatic N) is 2. The lowest BCUT2D eigenvalue weighted by Crippen LogP contribution is -2.38. The Hall–Kier alpha value is -1.90. The van der Waals surface area contributed by atoms with Crippen molar-refractivity contribution in [1.82, 2.24) is 15.1 Å². The van der Waals surface area contributed by atoms with Crippen molar-refractivity contribution >= 4 is 33.5 Å². The lowest BCUT2D eigenvalue weighted by atomic mass is 10.3. The molecule has 21 heavy (non-hydrogen) atoms. The molecule has 0 aliphatic carbocycles. The number of hydrogen-bond donors (Lipinski definition) is 2. The number of halogens is 1. The molecule has 0 spiro atoms. The molecule has 0 aliphatic rings. The number of anilines is 1. The Kier molecular flexibility index (Phi) is 6.35. The van der Waals surface area contributed by atoms with Crippen LogP contribution in [0.3, 0.4) is 0 Å². The van der Waals surface area contributed by atoms with Crippen LogP contribution in [0.4, 0.5) is 5.69 Å². The molecular formula is C12H17BrN4O4. The summed E-state index contributed by atoms with van der Waals surface area (Å²) in [5, 5.41) is 9.41. The van der Waals surface area contributed by atoms with Crippen molar-refractivity contribution in [3.05, 3.63) is 21.0 Å². The molecule has 0 saturated heterocycles. The van der Waals surface area contributed by atoms with Crippen LogP contribution in [0.25, 0.3) is 0 Å². The van der Waals surface area contributed by atoms with Gasteiger partial charge in [0, 0.05) is 6.54 Å². The number of carbonyl (C=O) groups excluding carboxylic acids is 2. The van der Waals surface area contributed by atoms with Crippen molar-refractivity contribution in [2.75, 3.05) is 19.0 Å². The Bertz CT molecular complexity index is 587. The van der Waals surface area contributed by atoms with Gasteiger partial charge in [-0.25, -0.2) is 4.68 Å². The predicted molar refractivity (Wildman–Crippen MR) is 80.0 cm³/mol. The Labute approximate surface area is 130 Å². The lowest BCUT2D eigenvalue weighted by molar-refractivity contribution is -0.141. The van der Waals surface area contributed by atoms with Crippen molar-refractivity contribution in [3.63, 3.8) is 0 Å². The average Bonchev–Trinajstić information content (AvgIpc) is 2.46. The van der Waals surface area contributed by atoms with Crippen molar-refractivity contribution < 1.29 is 14.3 Å². The molecular weight excluding hydrogens is 344 g/mol. The first kappa shape index (κ1) is 17.2. The number of esters is 1. The van der Waals surface area contributed by atoms with Crippen LogP contribution in [-0.4, -0.2) is 41.4 Å². The van der Waals surface area contributed by atoms with E-state index in [4.69, 9.17) is 0 Å². The maximum absolute atomic E-state index is 12.0. The summed E-state index contributed by atoms with van der Waals surface area (Å²) in [6.45, 7) is 3.72. The molecule has 2 N–H and O–H groups in total. The smallest absolute Gasteiger partial charge is 0.327 e. The second-order valence-corrected chi connectivity index (χ2v) is 4.96. The first-order chi connectivity index (χ1) is 9.90. The zero-order valence-electron chi connectivity index (χ0n) is 12.0. The van der Waals surface area contributed by atoms with Crippen LogP contribution in [0.5, 0.6) is 0 Å². The number of amides is 1. The molecule has 0 bridgehead atoms. The zero-order chi connectivity index (χ0) is 16.0. The highest BCUT2D eigenvalue weighted by atomic mass is 79.9. The van der Waals surface area contributed by atoms with Crippen LogP contribution < -0.4 is 16.2 Å². The number of aromatic nitrogens is 2. The van der Waals surface area contributed by atoms with E-state index in [1.165, 1.54) is 13.3 Å². The van der Waals surface area contributed by atoms with Gasteiger partial charge in [0.05, 0.1) is 19.0 Å². The highest BCUT2D eigenvalue weighted by Crippen LogP contribution is 2.17. The summed E-state index contributed by atoms with van der Waals surface area (Å²) in [5.41, 5.74) is -0.117. The Morgan fingerprint density at radius 2 is 2.19 bits per heavy atom. The number of rotatable bonds is 6. The molecule has 1 aromatic rings. The van der Waals surface area contributed by atoms with Gasteiger partial charge in [0.15, 0.2) is 0 Å². The highest BCUT2D eigenvalue weighted by Gasteiger charge is 2.16. The molecule has 1 unspecified atom stereocenters. The summed E-state index contributed by atoms with van der Waals surface area (Å²) in [5.74, 6) is -0.768. The molecule has 0 saturated carbocycles. The molecule has 0 radical (unpaired) electrons. The SMILES string of the molecule is CCNC(=O)C(C)Nc1cnn(CC(=O)OC)c(=O)c1Br. The van der Waals surface area contributed by atoms with Crippen LogP contribution >= 0.6 is 15.9 Å². The molecule has 1 heterocycles. The van der Waals surface area contributed by atoms with E-state index >= 15 is 0 Å². The van der Waals surface area contributed by atoms with Gasteiger partial charge in [0.25, 0.3) is 5.56 Å². The van der Waals surface area contributed by atoms with Crippen molar-refractivity contribution in [3.8, 4) is 0 Å². The standard InChI is InChI=1S/C12H17BrN4O4/c1-4-14-11(19)7(2)16-8-5-15-17(6-9(18)21-3)12(20)10(8)13/h5,7,16H,4,6H2,1-3H3,(H,14,19). The summed E-state index contributed by atoms with van der Waals surface area (Å²) in [4.78, 5) is 34.8. The van der Waals surface area contributed by atoms with Gasteiger partial charge in [-0.3, -0.25) is 14.4 Å². The average molecular weight is 361 g/mol. The van der Waals surface area contributed by atoms with Crippen molar-refractivity contribution in [2.45, 2.75) is 26.4 Å².